The third kappa shape index (κ3) is 5.31. The molecule has 1 atom stereocenters. The minimum atomic E-state index is 0.00761. The lowest BCUT2D eigenvalue weighted by Crippen LogP contribution is -2.38. The minimum absolute atomic E-state index is 0.00761. The zero-order valence-electron chi connectivity index (χ0n) is 16.4. The van der Waals surface area contributed by atoms with Crippen LogP contribution in [0.1, 0.15) is 64.5 Å². The summed E-state index contributed by atoms with van der Waals surface area (Å²) < 4.78 is 1.90. The quantitative estimate of drug-likeness (QED) is 0.698. The predicted molar refractivity (Wildman–Crippen MR) is 108 cm³/mol. The van der Waals surface area contributed by atoms with E-state index in [4.69, 9.17) is 0 Å². The number of carbonyl (C=O) groups is 1. The lowest BCUT2D eigenvalue weighted by Gasteiger charge is -2.29. The molecule has 0 spiro atoms. The summed E-state index contributed by atoms with van der Waals surface area (Å²) in [5, 5.41) is 15.9. The molecule has 1 aliphatic carbocycles. The summed E-state index contributed by atoms with van der Waals surface area (Å²) in [6.07, 6.45) is 5.58. The van der Waals surface area contributed by atoms with Crippen LogP contribution in [0.25, 0.3) is 0 Å². The number of nitrogens with zero attached hydrogens (tertiary/aromatic N) is 4. The van der Waals surface area contributed by atoms with Crippen molar-refractivity contribution in [2.45, 2.75) is 75.5 Å². The first-order chi connectivity index (χ1) is 13.0. The van der Waals surface area contributed by atoms with E-state index in [1.807, 2.05) is 10.7 Å². The van der Waals surface area contributed by atoms with Gasteiger partial charge in [-0.1, -0.05) is 68.8 Å². The molecule has 146 valence electrons. The number of hydrogen-bond acceptors (Lipinski definition) is 5. The Hall–Kier alpha value is -1.89. The number of tetrazole rings is 1. The third-order valence-electron chi connectivity index (χ3n) is 5.24. The van der Waals surface area contributed by atoms with Crippen LogP contribution in [0.5, 0.6) is 0 Å². The van der Waals surface area contributed by atoms with Gasteiger partial charge in [0.1, 0.15) is 0 Å². The summed E-state index contributed by atoms with van der Waals surface area (Å²) in [7, 11) is 0. The van der Waals surface area contributed by atoms with Gasteiger partial charge in [-0.15, -0.1) is 5.10 Å². The number of hydrogen-bond donors (Lipinski definition) is 1. The molecule has 0 saturated heterocycles. The van der Waals surface area contributed by atoms with Crippen molar-refractivity contribution in [3.63, 3.8) is 0 Å². The van der Waals surface area contributed by atoms with Gasteiger partial charge in [-0.25, -0.2) is 4.68 Å². The van der Waals surface area contributed by atoms with Crippen LogP contribution in [-0.2, 0) is 10.2 Å². The van der Waals surface area contributed by atoms with Gasteiger partial charge in [-0.05, 0) is 47.6 Å². The molecule has 1 fully saturated rings. The average molecular weight is 388 g/mol. The van der Waals surface area contributed by atoms with Crippen molar-refractivity contribution >= 4 is 17.7 Å². The van der Waals surface area contributed by atoms with Crippen LogP contribution in [0.3, 0.4) is 0 Å². The molecule has 1 saturated carbocycles. The third-order valence-corrected chi connectivity index (χ3v) is 6.18. The monoisotopic (exact) mass is 387 g/mol. The van der Waals surface area contributed by atoms with Crippen molar-refractivity contribution in [3.8, 4) is 0 Å². The fourth-order valence-electron chi connectivity index (χ4n) is 3.93. The van der Waals surface area contributed by atoms with Crippen LogP contribution in [0, 0.1) is 0 Å². The smallest absolute Gasteiger partial charge is 0.230 e. The number of rotatable bonds is 8. The van der Waals surface area contributed by atoms with Crippen LogP contribution >= 0.6 is 11.8 Å². The Bertz CT molecular complexity index is 740. The van der Waals surface area contributed by atoms with E-state index < -0.39 is 0 Å². The predicted octanol–water partition coefficient (Wildman–Crippen LogP) is 3.75. The number of aromatic nitrogens is 4. The second kappa shape index (κ2) is 8.87. The molecule has 3 rings (SSSR count). The van der Waals surface area contributed by atoms with Crippen LogP contribution in [-0.4, -0.2) is 37.9 Å². The topological polar surface area (TPSA) is 72.7 Å². The van der Waals surface area contributed by atoms with Crippen LogP contribution < -0.4 is 5.32 Å². The fraction of sp³-hybridized carbons (Fsp3) is 0.600. The van der Waals surface area contributed by atoms with E-state index in [1.54, 1.807) is 0 Å². The summed E-state index contributed by atoms with van der Waals surface area (Å²) in [6, 6.07) is 10.9. The maximum absolute atomic E-state index is 12.4. The summed E-state index contributed by atoms with van der Waals surface area (Å²) in [6.45, 7) is 6.50. The van der Waals surface area contributed by atoms with E-state index >= 15 is 0 Å². The van der Waals surface area contributed by atoms with Crippen molar-refractivity contribution in [1.82, 2.24) is 25.5 Å². The molecular formula is C20H29N5OS. The number of benzene rings is 1. The molecule has 0 bridgehead atoms. The largest absolute Gasteiger partial charge is 0.353 e. The fourth-order valence-corrected chi connectivity index (χ4v) is 4.68. The normalized spacial score (nSPS) is 16.4. The van der Waals surface area contributed by atoms with Crippen molar-refractivity contribution in [2.75, 3.05) is 5.75 Å². The van der Waals surface area contributed by atoms with E-state index in [2.05, 4.69) is 65.9 Å². The zero-order chi connectivity index (χ0) is 19.3. The highest BCUT2D eigenvalue weighted by molar-refractivity contribution is 7.99. The van der Waals surface area contributed by atoms with Gasteiger partial charge < -0.3 is 5.32 Å². The molecule has 1 unspecified atom stereocenters. The van der Waals surface area contributed by atoms with E-state index in [0.717, 1.165) is 24.4 Å². The summed E-state index contributed by atoms with van der Waals surface area (Å²) in [4.78, 5) is 12.4. The van der Waals surface area contributed by atoms with Gasteiger partial charge in [-0.2, -0.15) is 0 Å². The van der Waals surface area contributed by atoms with E-state index in [1.165, 1.54) is 30.2 Å². The van der Waals surface area contributed by atoms with Crippen molar-refractivity contribution in [1.29, 1.82) is 0 Å². The van der Waals surface area contributed by atoms with Crippen LogP contribution in [0.2, 0.25) is 0 Å². The van der Waals surface area contributed by atoms with Gasteiger partial charge >= 0.3 is 0 Å². The molecule has 1 aromatic heterocycles. The molecule has 1 aromatic carbocycles. The first-order valence-electron chi connectivity index (χ1n) is 9.71. The first kappa shape index (κ1) is 19.9. The molecule has 1 amide bonds. The molecule has 1 heterocycles. The number of thioether (sulfide) groups is 1. The van der Waals surface area contributed by atoms with Crippen LogP contribution in [0.15, 0.2) is 35.5 Å². The Kier molecular flexibility index (Phi) is 6.52. The van der Waals surface area contributed by atoms with Crippen molar-refractivity contribution < 1.29 is 4.79 Å². The van der Waals surface area contributed by atoms with Gasteiger partial charge in [0.05, 0.1) is 11.8 Å². The van der Waals surface area contributed by atoms with E-state index in [-0.39, 0.29) is 17.4 Å². The summed E-state index contributed by atoms with van der Waals surface area (Å²) in [5.41, 5.74) is 1.30. The highest BCUT2D eigenvalue weighted by Gasteiger charge is 2.25. The highest BCUT2D eigenvalue weighted by atomic mass is 32.2. The Morgan fingerprint density at radius 2 is 2.00 bits per heavy atom. The molecule has 2 aromatic rings. The van der Waals surface area contributed by atoms with Gasteiger partial charge in [0.25, 0.3) is 0 Å². The number of amides is 1. The van der Waals surface area contributed by atoms with Gasteiger partial charge in [0.15, 0.2) is 0 Å². The first-order valence-corrected chi connectivity index (χ1v) is 10.7. The van der Waals surface area contributed by atoms with Gasteiger partial charge in [0.2, 0.25) is 11.1 Å². The Morgan fingerprint density at radius 1 is 1.30 bits per heavy atom. The second-order valence-electron chi connectivity index (χ2n) is 8.06. The zero-order valence-corrected chi connectivity index (χ0v) is 17.2. The average Bonchev–Trinajstić information content (AvgIpc) is 3.31. The maximum atomic E-state index is 12.4. The molecule has 1 aliphatic rings. The van der Waals surface area contributed by atoms with E-state index in [9.17, 15) is 4.79 Å². The summed E-state index contributed by atoms with van der Waals surface area (Å²) >= 11 is 1.42. The van der Waals surface area contributed by atoms with Gasteiger partial charge in [-0.3, -0.25) is 4.79 Å². The highest BCUT2D eigenvalue weighted by Crippen LogP contribution is 2.31. The molecule has 6 nitrogen and oxygen atoms in total. The lowest BCUT2D eigenvalue weighted by atomic mass is 9.79. The number of nitrogens with one attached hydrogen (secondary N) is 1. The molecule has 27 heavy (non-hydrogen) atoms. The maximum Gasteiger partial charge on any atom is 0.230 e. The van der Waals surface area contributed by atoms with Gasteiger partial charge in [0, 0.05) is 6.04 Å². The SMILES string of the molecule is CC(CC(C)(C)c1ccccc1)NC(=O)CSc1nnnn1C1CCCC1. The summed E-state index contributed by atoms with van der Waals surface area (Å²) in [5.74, 6) is 0.362. The molecular weight excluding hydrogens is 358 g/mol. The Labute approximate surface area is 165 Å². The van der Waals surface area contributed by atoms with Crippen LogP contribution in [0.4, 0.5) is 0 Å². The van der Waals surface area contributed by atoms with E-state index in [0.29, 0.717) is 11.8 Å². The Morgan fingerprint density at radius 3 is 2.70 bits per heavy atom. The standard InChI is InChI=1S/C20H29N5OS/c1-15(13-20(2,3)16-9-5-4-6-10-16)21-18(26)14-27-19-22-23-24-25(19)17-11-7-8-12-17/h4-6,9-10,15,17H,7-8,11-14H2,1-3H3,(H,21,26). The molecule has 1 N–H and O–H groups in total. The minimum Gasteiger partial charge on any atom is -0.353 e. The molecule has 0 aliphatic heterocycles. The second-order valence-corrected chi connectivity index (χ2v) is 9.00. The molecule has 0 radical (unpaired) electrons. The van der Waals surface area contributed by atoms with Crippen molar-refractivity contribution in [3.05, 3.63) is 35.9 Å². The Balaban J connectivity index is 1.49. The molecule has 7 heteroatoms. The number of carbonyl (C=O) groups excluding carboxylic acids is 1. The lowest BCUT2D eigenvalue weighted by molar-refractivity contribution is -0.119. The van der Waals surface area contributed by atoms with Crippen molar-refractivity contribution in [2.24, 2.45) is 0 Å².